The molecule has 3 heterocycles. The summed E-state index contributed by atoms with van der Waals surface area (Å²) in [6, 6.07) is 12.0. The van der Waals surface area contributed by atoms with E-state index in [2.05, 4.69) is 12.7 Å². The van der Waals surface area contributed by atoms with Crippen LogP contribution in [-0.4, -0.2) is 21.4 Å². The summed E-state index contributed by atoms with van der Waals surface area (Å²) in [6.45, 7) is 0. The summed E-state index contributed by atoms with van der Waals surface area (Å²) in [7, 11) is -2.47. The van der Waals surface area contributed by atoms with Gasteiger partial charge in [0, 0.05) is 0 Å². The number of nitrogens with zero attached hydrogens (tertiary/aromatic N) is 3. The van der Waals surface area contributed by atoms with Crippen molar-refractivity contribution in [3.05, 3.63) is 73.6 Å². The van der Waals surface area contributed by atoms with Crippen LogP contribution in [-0.2, 0) is 0 Å². The summed E-state index contributed by atoms with van der Waals surface area (Å²) >= 11 is 0. The highest BCUT2D eigenvalue weighted by Gasteiger charge is 2.36. The molecule has 0 unspecified atom stereocenters. The van der Waals surface area contributed by atoms with Crippen molar-refractivity contribution in [3.63, 3.8) is 0 Å². The number of rotatable bonds is 3. The Morgan fingerprint density at radius 1 is 0.529 bits per heavy atom. The molecule has 17 heavy (non-hydrogen) atoms. The van der Waals surface area contributed by atoms with Crippen LogP contribution in [0.1, 0.15) is 0 Å². The molecule has 0 fully saturated rings. The molecule has 3 rings (SSSR count). The molecule has 0 aromatic carbocycles. The van der Waals surface area contributed by atoms with Gasteiger partial charge in [-0.25, -0.2) is 0 Å². The van der Waals surface area contributed by atoms with Gasteiger partial charge in [-0.15, -0.1) is 0 Å². The first-order chi connectivity index (χ1) is 8.32. The minimum Gasteiger partial charge on any atom is -0.334 e. The minimum atomic E-state index is -2.47. The molecule has 3 aromatic heterocycles. The van der Waals surface area contributed by atoms with E-state index in [1.807, 2.05) is 73.6 Å². The van der Waals surface area contributed by atoms with E-state index >= 15 is 0 Å². The highest BCUT2D eigenvalue weighted by molar-refractivity contribution is 6.72. The van der Waals surface area contributed by atoms with Gasteiger partial charge in [0.15, 0.2) is 0 Å². The summed E-state index contributed by atoms with van der Waals surface area (Å²) in [4.78, 5) is 0. The molecule has 0 saturated heterocycles. The molecule has 0 amide bonds. The smallest absolute Gasteiger partial charge is 0.334 e. The van der Waals surface area contributed by atoms with Crippen LogP contribution in [0.2, 0.25) is 0 Å². The van der Waals surface area contributed by atoms with Crippen LogP contribution in [0.3, 0.4) is 0 Å². The third kappa shape index (κ3) is 1.48. The van der Waals surface area contributed by atoms with Gasteiger partial charge < -0.3 is 12.7 Å². The summed E-state index contributed by atoms with van der Waals surface area (Å²) in [5, 5.41) is 6.72. The molecule has 86 valence electrons. The van der Waals surface area contributed by atoms with Gasteiger partial charge in [0.05, 0.1) is 0 Å². The van der Waals surface area contributed by atoms with Gasteiger partial charge in [-0.2, -0.15) is 0 Å². The average molecular weight is 242 g/mol. The second kappa shape index (κ2) is 3.79. The Labute approximate surface area is 101 Å². The molecular weight excluding hydrogens is 228 g/mol. The van der Waals surface area contributed by atoms with Crippen LogP contribution in [0.25, 0.3) is 0 Å². The van der Waals surface area contributed by atoms with Crippen LogP contribution in [0.5, 0.6) is 0 Å². The monoisotopic (exact) mass is 242 g/mol. The predicted octanol–water partition coefficient (Wildman–Crippen LogP) is 1.43. The van der Waals surface area contributed by atoms with Gasteiger partial charge in [0.25, 0.3) is 0 Å². The minimum absolute atomic E-state index is 2.00. The molecule has 0 aliphatic rings. The molecule has 0 atom stereocenters. The quantitative estimate of drug-likeness (QED) is 0.694. The number of nitrogens with two attached hydrogens (primary N) is 1. The van der Waals surface area contributed by atoms with Crippen molar-refractivity contribution in [1.29, 1.82) is 0 Å². The van der Waals surface area contributed by atoms with Gasteiger partial charge in [0.2, 0.25) is 0 Å². The van der Waals surface area contributed by atoms with Gasteiger partial charge in [-0.1, -0.05) is 0 Å². The molecule has 0 bridgehead atoms. The SMILES string of the molecule is N[Si](n1cccc1)(n1cccc1)n1cccc1. The Bertz CT molecular complexity index is 482. The maximum absolute atomic E-state index is 6.72. The lowest BCUT2D eigenvalue weighted by molar-refractivity contribution is 0.889. The van der Waals surface area contributed by atoms with Crippen molar-refractivity contribution in [2.24, 2.45) is 5.40 Å². The van der Waals surface area contributed by atoms with Gasteiger partial charge in [-0.3, -0.25) is 5.40 Å². The second-order valence-electron chi connectivity index (χ2n) is 3.96. The lowest BCUT2D eigenvalue weighted by atomic mass is 10.7. The van der Waals surface area contributed by atoms with Crippen molar-refractivity contribution < 1.29 is 0 Å². The van der Waals surface area contributed by atoms with Crippen LogP contribution in [0.15, 0.2) is 73.6 Å². The second-order valence-corrected chi connectivity index (χ2v) is 6.88. The van der Waals surface area contributed by atoms with E-state index in [1.54, 1.807) is 0 Å². The van der Waals surface area contributed by atoms with Crippen molar-refractivity contribution in [2.45, 2.75) is 0 Å². The highest BCUT2D eigenvalue weighted by Crippen LogP contribution is 2.09. The molecule has 4 nitrogen and oxygen atoms in total. The predicted molar refractivity (Wildman–Crippen MR) is 69.4 cm³/mol. The van der Waals surface area contributed by atoms with Crippen LogP contribution in [0.4, 0.5) is 0 Å². The normalized spacial score (nSPS) is 11.8. The first-order valence-electron chi connectivity index (χ1n) is 5.51. The Balaban J connectivity index is 2.21. The van der Waals surface area contributed by atoms with Crippen molar-refractivity contribution in [3.8, 4) is 0 Å². The van der Waals surface area contributed by atoms with E-state index in [4.69, 9.17) is 5.40 Å². The fraction of sp³-hybridized carbons (Fsp3) is 0. The van der Waals surface area contributed by atoms with Crippen molar-refractivity contribution in [2.75, 3.05) is 0 Å². The largest absolute Gasteiger partial charge is 0.476 e. The van der Waals surface area contributed by atoms with Gasteiger partial charge in [0.1, 0.15) is 0 Å². The molecule has 0 aliphatic heterocycles. The summed E-state index contributed by atoms with van der Waals surface area (Å²) in [5.74, 6) is 0. The Morgan fingerprint density at radius 2 is 0.765 bits per heavy atom. The van der Waals surface area contributed by atoms with E-state index in [-0.39, 0.29) is 0 Å². The Hall–Kier alpha value is -1.98. The van der Waals surface area contributed by atoms with Crippen LogP contribution >= 0.6 is 0 Å². The molecular formula is C12H14N4Si. The molecule has 0 saturated carbocycles. The van der Waals surface area contributed by atoms with Crippen molar-refractivity contribution in [1.82, 2.24) is 12.7 Å². The topological polar surface area (TPSA) is 40.8 Å². The van der Waals surface area contributed by atoms with E-state index in [0.717, 1.165) is 0 Å². The molecule has 0 radical (unpaired) electrons. The maximum atomic E-state index is 6.72. The Morgan fingerprint density at radius 3 is 1.00 bits per heavy atom. The number of hydrogen-bond acceptors (Lipinski definition) is 1. The zero-order valence-electron chi connectivity index (χ0n) is 9.35. The fourth-order valence-electron chi connectivity index (χ4n) is 2.06. The zero-order chi connectivity index (χ0) is 11.7. The molecule has 0 spiro atoms. The van der Waals surface area contributed by atoms with E-state index in [9.17, 15) is 0 Å². The first-order valence-corrected chi connectivity index (χ1v) is 7.43. The third-order valence-corrected chi connectivity index (χ3v) is 6.13. The third-order valence-electron chi connectivity index (χ3n) is 2.95. The molecule has 3 aromatic rings. The average Bonchev–Trinajstić information content (AvgIpc) is 3.10. The van der Waals surface area contributed by atoms with E-state index in [1.165, 1.54) is 0 Å². The van der Waals surface area contributed by atoms with E-state index in [0.29, 0.717) is 0 Å². The zero-order valence-corrected chi connectivity index (χ0v) is 10.3. The molecule has 5 heteroatoms. The first kappa shape index (κ1) is 10.2. The maximum Gasteiger partial charge on any atom is 0.476 e. The van der Waals surface area contributed by atoms with Gasteiger partial charge in [-0.05, 0) is 73.6 Å². The summed E-state index contributed by atoms with van der Waals surface area (Å²) in [5.41, 5.74) is 0. The lowest BCUT2D eigenvalue weighted by Crippen LogP contribution is -2.65. The summed E-state index contributed by atoms with van der Waals surface area (Å²) in [6.07, 6.45) is 12.1. The van der Waals surface area contributed by atoms with E-state index < -0.39 is 8.72 Å². The lowest BCUT2D eigenvalue weighted by Gasteiger charge is -2.29. The summed E-state index contributed by atoms with van der Waals surface area (Å²) < 4.78 is 6.31. The highest BCUT2D eigenvalue weighted by atomic mass is 28.4. The van der Waals surface area contributed by atoms with Crippen LogP contribution in [0, 0.1) is 0 Å². The molecule has 2 N–H and O–H groups in total. The molecule has 0 aliphatic carbocycles. The fourth-order valence-corrected chi connectivity index (χ4v) is 4.69. The van der Waals surface area contributed by atoms with Crippen molar-refractivity contribution >= 4 is 8.72 Å². The Kier molecular flexibility index (Phi) is 2.27. The standard InChI is InChI=1S/C12H14N4Si/c13-17(14-7-1-2-8-14,15-9-3-4-10-15)16-11-5-6-12-16/h1-12H,13H2. The number of hydrogen-bond donors (Lipinski definition) is 1. The number of aromatic nitrogens is 3. The van der Waals surface area contributed by atoms with Crippen LogP contribution < -0.4 is 5.40 Å². The van der Waals surface area contributed by atoms with Gasteiger partial charge >= 0.3 is 8.72 Å².